The summed E-state index contributed by atoms with van der Waals surface area (Å²) in [6.45, 7) is 0. The minimum atomic E-state index is 0.550. The van der Waals surface area contributed by atoms with Crippen LogP contribution in [0.5, 0.6) is 0 Å². The Hall–Kier alpha value is -7.39. The highest BCUT2D eigenvalue weighted by molar-refractivity contribution is 6.11. The van der Waals surface area contributed by atoms with Gasteiger partial charge in [-0.25, -0.2) is 0 Å². The summed E-state index contributed by atoms with van der Waals surface area (Å²) in [7, 11) is 0. The zero-order chi connectivity index (χ0) is 33.8. The second-order valence-electron chi connectivity index (χ2n) is 12.3. The van der Waals surface area contributed by atoms with Gasteiger partial charge in [-0.2, -0.15) is 15.8 Å². The summed E-state index contributed by atoms with van der Waals surface area (Å²) in [5.74, 6) is 0. The van der Waals surface area contributed by atoms with Crippen molar-refractivity contribution in [2.24, 2.45) is 0 Å². The second kappa shape index (κ2) is 11.4. The van der Waals surface area contributed by atoms with Gasteiger partial charge in [0.2, 0.25) is 0 Å². The number of fused-ring (bicyclic) bond motifs is 6. The summed E-state index contributed by atoms with van der Waals surface area (Å²) in [5.41, 5.74) is 11.5. The number of para-hydroxylation sites is 3. The quantitative estimate of drug-likeness (QED) is 0.193. The molecule has 0 unspecified atom stereocenters. The Morgan fingerprint density at radius 1 is 0.360 bits per heavy atom. The molecule has 0 radical (unpaired) electrons. The third-order valence-electron chi connectivity index (χ3n) is 9.64. The van der Waals surface area contributed by atoms with E-state index >= 15 is 0 Å². The van der Waals surface area contributed by atoms with Crippen LogP contribution in [-0.2, 0) is 0 Å². The molecule has 2 heterocycles. The number of benzene rings is 7. The molecule has 7 aromatic carbocycles. The summed E-state index contributed by atoms with van der Waals surface area (Å²) >= 11 is 0. The lowest BCUT2D eigenvalue weighted by Gasteiger charge is -2.15. The summed E-state index contributed by atoms with van der Waals surface area (Å²) in [6, 6.07) is 57.8. The molecule has 0 fully saturated rings. The average Bonchev–Trinajstić information content (AvgIpc) is 3.70. The standard InChI is InChI=1S/C45H25N5/c46-26-29-13-20-44(50-41-10-4-1-7-35(41)36-8-2-5-11-42(36)50)38(23-29)32-17-15-31(16-18-32)33-19-22-40(34(25-33)28-48)49-43-12-6-3-9-37(43)39-24-30(27-47)14-21-45(39)49/h1-25H. The number of nitriles is 3. The van der Waals surface area contributed by atoms with Crippen LogP contribution in [0.2, 0.25) is 0 Å². The van der Waals surface area contributed by atoms with Gasteiger partial charge in [0.05, 0.1) is 62.3 Å². The van der Waals surface area contributed by atoms with Crippen LogP contribution in [-0.4, -0.2) is 9.13 Å². The van der Waals surface area contributed by atoms with Gasteiger partial charge in [0, 0.05) is 27.1 Å². The molecule has 0 saturated carbocycles. The van der Waals surface area contributed by atoms with Gasteiger partial charge in [0.15, 0.2) is 0 Å². The lowest BCUT2D eigenvalue weighted by molar-refractivity contribution is 1.17. The second-order valence-corrected chi connectivity index (χ2v) is 12.3. The van der Waals surface area contributed by atoms with Crippen molar-refractivity contribution >= 4 is 43.6 Å². The van der Waals surface area contributed by atoms with Crippen molar-refractivity contribution in [3.05, 3.63) is 168 Å². The maximum Gasteiger partial charge on any atom is 0.101 e. The van der Waals surface area contributed by atoms with E-state index in [1.807, 2.05) is 66.7 Å². The Bertz CT molecular complexity index is 2900. The molecule has 0 saturated heterocycles. The fourth-order valence-electron chi connectivity index (χ4n) is 7.36. The first-order valence-electron chi connectivity index (χ1n) is 16.3. The first-order chi connectivity index (χ1) is 24.7. The molecule has 0 spiro atoms. The van der Waals surface area contributed by atoms with Crippen molar-refractivity contribution in [2.45, 2.75) is 0 Å². The zero-order valence-electron chi connectivity index (χ0n) is 26.7. The Labute approximate surface area is 287 Å². The molecule has 2 aromatic heterocycles. The van der Waals surface area contributed by atoms with E-state index < -0.39 is 0 Å². The fourth-order valence-corrected chi connectivity index (χ4v) is 7.36. The van der Waals surface area contributed by atoms with E-state index in [1.165, 1.54) is 10.8 Å². The first kappa shape index (κ1) is 28.8. The van der Waals surface area contributed by atoms with Crippen molar-refractivity contribution in [1.29, 1.82) is 15.8 Å². The first-order valence-corrected chi connectivity index (χ1v) is 16.3. The average molecular weight is 636 g/mol. The Balaban J connectivity index is 1.15. The van der Waals surface area contributed by atoms with Gasteiger partial charge in [-0.15, -0.1) is 0 Å². The van der Waals surface area contributed by atoms with Gasteiger partial charge < -0.3 is 9.13 Å². The molecule has 0 bridgehead atoms. The molecular formula is C45H25N5. The van der Waals surface area contributed by atoms with Crippen LogP contribution in [0.25, 0.3) is 77.2 Å². The highest BCUT2D eigenvalue weighted by Crippen LogP contribution is 2.38. The van der Waals surface area contributed by atoms with Gasteiger partial charge in [-0.05, 0) is 83.4 Å². The van der Waals surface area contributed by atoms with Crippen LogP contribution in [0.15, 0.2) is 152 Å². The molecule has 0 aliphatic heterocycles. The Morgan fingerprint density at radius 3 is 1.46 bits per heavy atom. The molecule has 0 atom stereocenters. The third-order valence-corrected chi connectivity index (χ3v) is 9.64. The monoisotopic (exact) mass is 635 g/mol. The fraction of sp³-hybridized carbons (Fsp3) is 0. The van der Waals surface area contributed by atoms with Gasteiger partial charge in [-0.1, -0.05) is 84.9 Å². The molecule has 0 aliphatic rings. The van der Waals surface area contributed by atoms with Crippen LogP contribution in [0.4, 0.5) is 0 Å². The van der Waals surface area contributed by atoms with E-state index in [1.54, 1.807) is 0 Å². The van der Waals surface area contributed by atoms with Crippen LogP contribution >= 0.6 is 0 Å². The Morgan fingerprint density at radius 2 is 0.840 bits per heavy atom. The number of aromatic nitrogens is 2. The highest BCUT2D eigenvalue weighted by atomic mass is 15.0. The van der Waals surface area contributed by atoms with Crippen molar-refractivity contribution in [1.82, 2.24) is 9.13 Å². The molecule has 9 rings (SSSR count). The van der Waals surface area contributed by atoms with Gasteiger partial charge in [-0.3, -0.25) is 0 Å². The molecule has 50 heavy (non-hydrogen) atoms. The lowest BCUT2D eigenvalue weighted by Crippen LogP contribution is -1.98. The van der Waals surface area contributed by atoms with Crippen LogP contribution in [0, 0.1) is 34.0 Å². The van der Waals surface area contributed by atoms with Crippen molar-refractivity contribution in [3.8, 4) is 51.8 Å². The maximum absolute atomic E-state index is 10.4. The van der Waals surface area contributed by atoms with E-state index in [0.29, 0.717) is 16.7 Å². The van der Waals surface area contributed by atoms with Crippen molar-refractivity contribution < 1.29 is 0 Å². The number of nitrogens with zero attached hydrogens (tertiary/aromatic N) is 5. The van der Waals surface area contributed by atoms with Crippen molar-refractivity contribution in [3.63, 3.8) is 0 Å². The SMILES string of the molecule is N#Cc1ccc(-n2c3ccccc3c3ccccc32)c(-c2ccc(-c3ccc(-n4c5ccccc5c5cc(C#N)ccc54)c(C#N)c3)cc2)c1. The van der Waals surface area contributed by atoms with E-state index in [-0.39, 0.29) is 0 Å². The molecule has 5 heteroatoms. The summed E-state index contributed by atoms with van der Waals surface area (Å²) in [5, 5.41) is 34.1. The van der Waals surface area contributed by atoms with Gasteiger partial charge >= 0.3 is 0 Å². The van der Waals surface area contributed by atoms with Gasteiger partial charge in [0.1, 0.15) is 6.07 Å². The maximum atomic E-state index is 10.4. The zero-order valence-corrected chi connectivity index (χ0v) is 26.7. The van der Waals surface area contributed by atoms with Crippen LogP contribution < -0.4 is 0 Å². The minimum absolute atomic E-state index is 0.550. The van der Waals surface area contributed by atoms with E-state index in [9.17, 15) is 15.8 Å². The number of hydrogen-bond donors (Lipinski definition) is 0. The summed E-state index contributed by atoms with van der Waals surface area (Å²) < 4.78 is 4.39. The predicted octanol–water partition coefficient (Wildman–Crippen LogP) is 10.8. The molecule has 9 aromatic rings. The number of hydrogen-bond acceptors (Lipinski definition) is 3. The largest absolute Gasteiger partial charge is 0.309 e. The number of rotatable bonds is 4. The smallest absolute Gasteiger partial charge is 0.101 e. The molecule has 0 aliphatic carbocycles. The van der Waals surface area contributed by atoms with E-state index in [2.05, 4.69) is 112 Å². The van der Waals surface area contributed by atoms with Crippen LogP contribution in [0.3, 0.4) is 0 Å². The molecule has 5 nitrogen and oxygen atoms in total. The predicted molar refractivity (Wildman–Crippen MR) is 200 cm³/mol. The molecule has 0 amide bonds. The van der Waals surface area contributed by atoms with Crippen LogP contribution in [0.1, 0.15) is 16.7 Å². The molecular weight excluding hydrogens is 611 g/mol. The molecule has 0 N–H and O–H groups in total. The topological polar surface area (TPSA) is 81.2 Å². The van der Waals surface area contributed by atoms with E-state index in [0.717, 1.165) is 66.5 Å². The third kappa shape index (κ3) is 4.38. The van der Waals surface area contributed by atoms with E-state index in [4.69, 9.17) is 0 Å². The van der Waals surface area contributed by atoms with Crippen molar-refractivity contribution in [2.75, 3.05) is 0 Å². The van der Waals surface area contributed by atoms with Gasteiger partial charge in [0.25, 0.3) is 0 Å². The normalized spacial score (nSPS) is 11.1. The summed E-state index contributed by atoms with van der Waals surface area (Å²) in [6.07, 6.45) is 0. The lowest BCUT2D eigenvalue weighted by atomic mass is 9.96. The minimum Gasteiger partial charge on any atom is -0.309 e. The Kier molecular flexibility index (Phi) is 6.56. The summed E-state index contributed by atoms with van der Waals surface area (Å²) in [4.78, 5) is 0. The highest BCUT2D eigenvalue weighted by Gasteiger charge is 2.18. The molecule has 230 valence electrons.